The molecule has 4 heteroatoms. The summed E-state index contributed by atoms with van der Waals surface area (Å²) >= 11 is 0. The molecule has 0 radical (unpaired) electrons. The summed E-state index contributed by atoms with van der Waals surface area (Å²) in [5.74, 6) is 1.36. The molecule has 0 aliphatic carbocycles. The van der Waals surface area contributed by atoms with Crippen molar-refractivity contribution in [3.8, 4) is 0 Å². The molecular formula is C20H21N3O. The zero-order chi connectivity index (χ0) is 16.7. The van der Waals surface area contributed by atoms with Gasteiger partial charge in [0.05, 0.1) is 11.0 Å². The molecule has 0 N–H and O–H groups in total. The molecule has 1 saturated heterocycles. The number of carbonyl (C=O) groups excluding carboxylic acids is 1. The number of para-hydroxylation sites is 3. The number of aromatic nitrogens is 2. The number of amides is 1. The molecule has 1 atom stereocenters. The van der Waals surface area contributed by atoms with Crippen molar-refractivity contribution >= 4 is 22.6 Å². The minimum Gasteiger partial charge on any atom is -0.328 e. The number of benzene rings is 2. The minimum atomic E-state index is 0.143. The summed E-state index contributed by atoms with van der Waals surface area (Å²) in [5.41, 5.74) is 4.31. The first kappa shape index (κ1) is 14.9. The number of fused-ring (bicyclic) bond motifs is 1. The fourth-order valence-electron chi connectivity index (χ4n) is 3.72. The van der Waals surface area contributed by atoms with Gasteiger partial charge in [0.2, 0.25) is 5.91 Å². The third-order valence-electron chi connectivity index (χ3n) is 4.90. The molecule has 1 fully saturated rings. The molecule has 1 aromatic heterocycles. The van der Waals surface area contributed by atoms with E-state index < -0.39 is 0 Å². The maximum Gasteiger partial charge on any atom is 0.227 e. The Hall–Kier alpha value is -2.62. The highest BCUT2D eigenvalue weighted by molar-refractivity contribution is 5.97. The average molecular weight is 319 g/mol. The highest BCUT2D eigenvalue weighted by atomic mass is 16.2. The lowest BCUT2D eigenvalue weighted by Gasteiger charge is -2.19. The van der Waals surface area contributed by atoms with Gasteiger partial charge in [-0.2, -0.15) is 0 Å². The van der Waals surface area contributed by atoms with Crippen LogP contribution in [0.5, 0.6) is 0 Å². The second-order valence-corrected chi connectivity index (χ2v) is 6.39. The maximum absolute atomic E-state index is 12.6. The van der Waals surface area contributed by atoms with Crippen molar-refractivity contribution in [2.75, 3.05) is 11.4 Å². The summed E-state index contributed by atoms with van der Waals surface area (Å²) in [6.07, 6.45) is 0.525. The molecule has 1 aliphatic heterocycles. The number of nitrogens with zero attached hydrogens (tertiary/aromatic N) is 3. The molecule has 3 aromatic rings. The fourth-order valence-corrected chi connectivity index (χ4v) is 3.72. The van der Waals surface area contributed by atoms with Crippen molar-refractivity contribution in [1.82, 2.24) is 9.55 Å². The van der Waals surface area contributed by atoms with E-state index in [1.165, 1.54) is 0 Å². The molecule has 0 unspecified atom stereocenters. The number of anilines is 1. The van der Waals surface area contributed by atoms with Crippen LogP contribution in [0.15, 0.2) is 48.5 Å². The van der Waals surface area contributed by atoms with Crippen molar-refractivity contribution in [2.45, 2.75) is 32.7 Å². The van der Waals surface area contributed by atoms with Crippen LogP contribution in [-0.2, 0) is 11.3 Å². The average Bonchev–Trinajstić information content (AvgIpc) is 3.15. The van der Waals surface area contributed by atoms with E-state index in [1.54, 1.807) is 0 Å². The second kappa shape index (κ2) is 5.78. The predicted octanol–water partition coefficient (Wildman–Crippen LogP) is 3.89. The minimum absolute atomic E-state index is 0.143. The van der Waals surface area contributed by atoms with E-state index in [9.17, 15) is 4.79 Å². The predicted molar refractivity (Wildman–Crippen MR) is 96.3 cm³/mol. The van der Waals surface area contributed by atoms with Gasteiger partial charge < -0.3 is 9.47 Å². The molecule has 2 aromatic carbocycles. The molecular weight excluding hydrogens is 298 g/mol. The van der Waals surface area contributed by atoms with Gasteiger partial charge >= 0.3 is 0 Å². The Bertz CT molecular complexity index is 912. The molecule has 1 amide bonds. The van der Waals surface area contributed by atoms with Crippen molar-refractivity contribution in [3.05, 3.63) is 59.9 Å². The van der Waals surface area contributed by atoms with Gasteiger partial charge in [0.1, 0.15) is 5.82 Å². The van der Waals surface area contributed by atoms with E-state index in [4.69, 9.17) is 4.98 Å². The molecule has 0 saturated carbocycles. The van der Waals surface area contributed by atoms with Crippen molar-refractivity contribution in [2.24, 2.45) is 0 Å². The van der Waals surface area contributed by atoms with Crippen LogP contribution in [0.4, 0.5) is 5.69 Å². The monoisotopic (exact) mass is 319 g/mol. The standard InChI is InChI=1S/C20H21N3O/c1-3-22-18-11-7-5-9-16(18)21-20(22)15-12-19(24)23(13-15)17-10-6-4-8-14(17)2/h4-11,15H,3,12-13H2,1-2H3/t15-/m0/s1. The summed E-state index contributed by atoms with van der Waals surface area (Å²) < 4.78 is 2.24. The Kier molecular flexibility index (Phi) is 3.60. The number of aryl methyl sites for hydroxylation is 2. The van der Waals surface area contributed by atoms with E-state index in [-0.39, 0.29) is 11.8 Å². The van der Waals surface area contributed by atoms with Crippen molar-refractivity contribution < 1.29 is 4.79 Å². The molecule has 24 heavy (non-hydrogen) atoms. The number of imidazole rings is 1. The first-order valence-corrected chi connectivity index (χ1v) is 8.50. The number of rotatable bonds is 3. The highest BCUT2D eigenvalue weighted by Crippen LogP contribution is 2.34. The Morgan fingerprint density at radius 2 is 1.88 bits per heavy atom. The van der Waals surface area contributed by atoms with Gasteiger partial charge in [0, 0.05) is 31.1 Å². The molecule has 2 heterocycles. The smallest absolute Gasteiger partial charge is 0.227 e. The lowest BCUT2D eigenvalue weighted by Crippen LogP contribution is -2.25. The zero-order valence-corrected chi connectivity index (χ0v) is 14.1. The lowest BCUT2D eigenvalue weighted by atomic mass is 10.1. The Labute approximate surface area is 141 Å². The zero-order valence-electron chi connectivity index (χ0n) is 14.1. The first-order valence-electron chi connectivity index (χ1n) is 8.50. The van der Waals surface area contributed by atoms with Crippen LogP contribution in [-0.4, -0.2) is 22.0 Å². The topological polar surface area (TPSA) is 38.1 Å². The summed E-state index contributed by atoms with van der Waals surface area (Å²) in [5, 5.41) is 0. The van der Waals surface area contributed by atoms with Gasteiger partial charge in [0.25, 0.3) is 0 Å². The Morgan fingerprint density at radius 3 is 2.67 bits per heavy atom. The second-order valence-electron chi connectivity index (χ2n) is 6.39. The Balaban J connectivity index is 1.72. The van der Waals surface area contributed by atoms with Gasteiger partial charge in [-0.15, -0.1) is 0 Å². The normalized spacial score (nSPS) is 17.8. The summed E-state index contributed by atoms with van der Waals surface area (Å²) in [6.45, 7) is 5.75. The van der Waals surface area contributed by atoms with Gasteiger partial charge in [-0.3, -0.25) is 4.79 Å². The van der Waals surface area contributed by atoms with Crippen LogP contribution in [0.25, 0.3) is 11.0 Å². The molecule has 4 rings (SSSR count). The number of carbonyl (C=O) groups is 1. The van der Waals surface area contributed by atoms with E-state index in [1.807, 2.05) is 41.3 Å². The molecule has 122 valence electrons. The van der Waals surface area contributed by atoms with E-state index in [2.05, 4.69) is 30.5 Å². The van der Waals surface area contributed by atoms with Crippen LogP contribution in [0.1, 0.15) is 30.7 Å². The number of hydrogen-bond donors (Lipinski definition) is 0. The molecule has 4 nitrogen and oxygen atoms in total. The number of hydrogen-bond acceptors (Lipinski definition) is 2. The third-order valence-corrected chi connectivity index (χ3v) is 4.90. The summed E-state index contributed by atoms with van der Waals surface area (Å²) in [6, 6.07) is 16.3. The van der Waals surface area contributed by atoms with Crippen LogP contribution in [0.2, 0.25) is 0 Å². The maximum atomic E-state index is 12.6. The Morgan fingerprint density at radius 1 is 1.12 bits per heavy atom. The fraction of sp³-hybridized carbons (Fsp3) is 0.300. The molecule has 1 aliphatic rings. The van der Waals surface area contributed by atoms with Crippen molar-refractivity contribution in [3.63, 3.8) is 0 Å². The van der Waals surface area contributed by atoms with Crippen LogP contribution >= 0.6 is 0 Å². The third kappa shape index (κ3) is 2.30. The van der Waals surface area contributed by atoms with Crippen LogP contribution < -0.4 is 4.90 Å². The summed E-state index contributed by atoms with van der Waals surface area (Å²) in [4.78, 5) is 19.4. The van der Waals surface area contributed by atoms with Crippen LogP contribution in [0.3, 0.4) is 0 Å². The van der Waals surface area contributed by atoms with Gasteiger partial charge in [0.15, 0.2) is 0 Å². The highest BCUT2D eigenvalue weighted by Gasteiger charge is 2.35. The quantitative estimate of drug-likeness (QED) is 0.734. The van der Waals surface area contributed by atoms with E-state index in [0.717, 1.165) is 34.7 Å². The van der Waals surface area contributed by atoms with Gasteiger partial charge in [-0.25, -0.2) is 4.98 Å². The van der Waals surface area contributed by atoms with Crippen LogP contribution in [0, 0.1) is 6.92 Å². The van der Waals surface area contributed by atoms with E-state index >= 15 is 0 Å². The largest absolute Gasteiger partial charge is 0.328 e. The lowest BCUT2D eigenvalue weighted by molar-refractivity contribution is -0.117. The summed E-state index contributed by atoms with van der Waals surface area (Å²) in [7, 11) is 0. The van der Waals surface area contributed by atoms with Crippen molar-refractivity contribution in [1.29, 1.82) is 0 Å². The van der Waals surface area contributed by atoms with Gasteiger partial charge in [-0.1, -0.05) is 30.3 Å². The molecule has 0 spiro atoms. The SMILES string of the molecule is CCn1c([C@H]2CC(=O)N(c3ccccc3C)C2)nc2ccccc21. The molecule has 0 bridgehead atoms. The first-order chi connectivity index (χ1) is 11.7. The van der Waals surface area contributed by atoms with E-state index in [0.29, 0.717) is 13.0 Å². The van der Waals surface area contributed by atoms with Gasteiger partial charge in [-0.05, 0) is 37.6 Å².